The highest BCUT2D eigenvalue weighted by Crippen LogP contribution is 2.23. The lowest BCUT2D eigenvalue weighted by Crippen LogP contribution is -2.49. The number of nitrogens with zero attached hydrogens (tertiary/aromatic N) is 1. The molecule has 0 aromatic heterocycles. The fourth-order valence-electron chi connectivity index (χ4n) is 3.57. The normalized spacial score (nSPS) is 15.4. The van der Waals surface area contributed by atoms with Gasteiger partial charge in [-0.15, -0.1) is 0 Å². The number of benzene rings is 2. The largest absolute Gasteiger partial charge is 0.497 e. The Morgan fingerprint density at radius 3 is 2.13 bits per heavy atom. The van der Waals surface area contributed by atoms with Crippen LogP contribution in [0.3, 0.4) is 0 Å². The molecule has 0 aliphatic carbocycles. The van der Waals surface area contributed by atoms with E-state index in [1.165, 1.54) is 0 Å². The molecule has 1 saturated heterocycles. The second-order valence-electron chi connectivity index (χ2n) is 7.39. The topological polar surface area (TPSA) is 75.7 Å². The highest BCUT2D eigenvalue weighted by Gasteiger charge is 2.30. The number of methoxy groups -OCH3 is 1. The molecule has 3 rings (SSSR count). The number of carbonyl (C=O) groups excluding carboxylic acids is 3. The molecule has 0 radical (unpaired) electrons. The van der Waals surface area contributed by atoms with Crippen LogP contribution in [0.25, 0.3) is 0 Å². The lowest BCUT2D eigenvalue weighted by molar-refractivity contribution is -0.134. The molecule has 2 aromatic rings. The molecule has 30 heavy (non-hydrogen) atoms. The van der Waals surface area contributed by atoms with Gasteiger partial charge in [0.25, 0.3) is 5.91 Å². The summed E-state index contributed by atoms with van der Waals surface area (Å²) < 4.78 is 6.02. The minimum atomic E-state index is -0.630. The van der Waals surface area contributed by atoms with Crippen molar-refractivity contribution in [1.82, 2.24) is 10.2 Å². The van der Waals surface area contributed by atoms with E-state index in [-0.39, 0.29) is 23.5 Å². The first-order valence-electron chi connectivity index (χ1n) is 9.92. The fourth-order valence-corrected chi connectivity index (χ4v) is 3.83. The van der Waals surface area contributed by atoms with Gasteiger partial charge < -0.3 is 15.0 Å². The van der Waals surface area contributed by atoms with E-state index in [0.717, 1.165) is 4.47 Å². The van der Waals surface area contributed by atoms with Gasteiger partial charge in [0, 0.05) is 34.6 Å². The van der Waals surface area contributed by atoms with Gasteiger partial charge in [-0.2, -0.15) is 0 Å². The Morgan fingerprint density at radius 2 is 1.57 bits per heavy atom. The summed E-state index contributed by atoms with van der Waals surface area (Å²) in [6.45, 7) is 2.70. The van der Waals surface area contributed by atoms with Crippen LogP contribution in [0.4, 0.5) is 0 Å². The minimum Gasteiger partial charge on any atom is -0.497 e. The summed E-state index contributed by atoms with van der Waals surface area (Å²) in [6, 6.07) is 13.5. The van der Waals surface area contributed by atoms with Gasteiger partial charge in [-0.25, -0.2) is 0 Å². The van der Waals surface area contributed by atoms with E-state index in [1.807, 2.05) is 0 Å². The molecule has 2 amide bonds. The monoisotopic (exact) mass is 472 g/mol. The van der Waals surface area contributed by atoms with Crippen molar-refractivity contribution in [3.63, 3.8) is 0 Å². The van der Waals surface area contributed by atoms with E-state index < -0.39 is 6.04 Å². The van der Waals surface area contributed by atoms with Crippen molar-refractivity contribution in [2.75, 3.05) is 20.2 Å². The number of ketones is 1. The number of carbonyl (C=O) groups is 3. The molecule has 1 N–H and O–H groups in total. The lowest BCUT2D eigenvalue weighted by atomic mass is 9.88. The van der Waals surface area contributed by atoms with Crippen molar-refractivity contribution in [3.05, 3.63) is 64.1 Å². The first-order valence-corrected chi connectivity index (χ1v) is 10.7. The number of piperidine rings is 1. The Labute approximate surface area is 184 Å². The average Bonchev–Trinajstić information content (AvgIpc) is 2.78. The van der Waals surface area contributed by atoms with E-state index in [9.17, 15) is 14.4 Å². The number of amides is 2. The Balaban J connectivity index is 1.52. The van der Waals surface area contributed by atoms with E-state index in [4.69, 9.17) is 4.74 Å². The summed E-state index contributed by atoms with van der Waals surface area (Å²) in [4.78, 5) is 39.5. The number of rotatable bonds is 6. The Kier molecular flexibility index (Phi) is 7.26. The molecule has 2 aromatic carbocycles. The van der Waals surface area contributed by atoms with Crippen LogP contribution in [0.15, 0.2) is 53.0 Å². The third-order valence-electron chi connectivity index (χ3n) is 5.38. The quantitative estimate of drug-likeness (QED) is 0.650. The highest BCUT2D eigenvalue weighted by molar-refractivity contribution is 9.10. The van der Waals surface area contributed by atoms with Gasteiger partial charge in [-0.1, -0.05) is 15.9 Å². The summed E-state index contributed by atoms with van der Waals surface area (Å²) in [5, 5.41) is 2.76. The van der Waals surface area contributed by atoms with Crippen molar-refractivity contribution in [2.24, 2.45) is 5.92 Å². The number of Topliss-reactive ketones (excluding diaryl/α,β-unsaturated/α-hetero) is 1. The number of likely N-dealkylation sites (tertiary alicyclic amines) is 1. The zero-order valence-electron chi connectivity index (χ0n) is 17.1. The number of halogens is 1. The maximum absolute atomic E-state index is 12.7. The molecule has 1 aliphatic heterocycles. The molecule has 1 heterocycles. The first-order chi connectivity index (χ1) is 14.4. The molecule has 1 aliphatic rings. The minimum absolute atomic E-state index is 0.0985. The van der Waals surface area contributed by atoms with Crippen LogP contribution in [-0.2, 0) is 4.79 Å². The van der Waals surface area contributed by atoms with Crippen molar-refractivity contribution in [2.45, 2.75) is 25.8 Å². The van der Waals surface area contributed by atoms with E-state index in [1.54, 1.807) is 67.5 Å². The molecular weight excluding hydrogens is 448 g/mol. The molecular formula is C23H25BrN2O4. The van der Waals surface area contributed by atoms with Gasteiger partial charge in [-0.3, -0.25) is 14.4 Å². The Hall–Kier alpha value is -2.67. The average molecular weight is 473 g/mol. The molecule has 0 unspecified atom stereocenters. The van der Waals surface area contributed by atoms with Gasteiger partial charge in [-0.05, 0) is 68.3 Å². The summed E-state index contributed by atoms with van der Waals surface area (Å²) in [5.41, 5.74) is 1.16. The van der Waals surface area contributed by atoms with Gasteiger partial charge in [0.05, 0.1) is 7.11 Å². The van der Waals surface area contributed by atoms with E-state index in [0.29, 0.717) is 42.8 Å². The van der Waals surface area contributed by atoms with Crippen LogP contribution in [0, 0.1) is 5.92 Å². The molecule has 1 atom stereocenters. The lowest BCUT2D eigenvalue weighted by Gasteiger charge is -2.33. The molecule has 0 bridgehead atoms. The Bertz CT molecular complexity index is 904. The summed E-state index contributed by atoms with van der Waals surface area (Å²) >= 11 is 3.33. The third kappa shape index (κ3) is 5.27. The summed E-state index contributed by atoms with van der Waals surface area (Å²) in [7, 11) is 1.59. The van der Waals surface area contributed by atoms with Crippen molar-refractivity contribution < 1.29 is 19.1 Å². The second-order valence-corrected chi connectivity index (χ2v) is 8.31. The van der Waals surface area contributed by atoms with Crippen LogP contribution in [-0.4, -0.2) is 48.7 Å². The molecule has 6 nitrogen and oxygen atoms in total. The zero-order valence-corrected chi connectivity index (χ0v) is 18.6. The maximum atomic E-state index is 12.7. The fraction of sp³-hybridized carbons (Fsp3) is 0.348. The van der Waals surface area contributed by atoms with E-state index in [2.05, 4.69) is 21.2 Å². The van der Waals surface area contributed by atoms with Crippen LogP contribution >= 0.6 is 15.9 Å². The van der Waals surface area contributed by atoms with Crippen LogP contribution in [0.5, 0.6) is 5.75 Å². The standard InChI is InChI=1S/C23H25BrN2O4/c1-15(25-22(28)18-3-7-19(24)8-4-18)23(29)26-13-11-17(12-14-26)21(27)16-5-9-20(30-2)10-6-16/h3-10,15,17H,11-14H2,1-2H3,(H,25,28)/t15-/m1/s1. The molecule has 0 saturated carbocycles. The van der Waals surface area contributed by atoms with Crippen molar-refractivity contribution in [3.8, 4) is 5.75 Å². The van der Waals surface area contributed by atoms with Crippen molar-refractivity contribution >= 4 is 33.5 Å². The summed E-state index contributed by atoms with van der Waals surface area (Å²) in [6.07, 6.45) is 1.23. The summed E-state index contributed by atoms with van der Waals surface area (Å²) in [5.74, 6) is 0.298. The predicted octanol–water partition coefficient (Wildman–Crippen LogP) is 3.70. The van der Waals surface area contributed by atoms with Gasteiger partial charge in [0.2, 0.25) is 5.91 Å². The number of hydrogen-bond donors (Lipinski definition) is 1. The van der Waals surface area contributed by atoms with Gasteiger partial charge >= 0.3 is 0 Å². The predicted molar refractivity (Wildman–Crippen MR) is 118 cm³/mol. The number of nitrogens with one attached hydrogen (secondary N) is 1. The second kappa shape index (κ2) is 9.89. The zero-order chi connectivity index (χ0) is 21.7. The van der Waals surface area contributed by atoms with Gasteiger partial charge in [0.1, 0.15) is 11.8 Å². The highest BCUT2D eigenvalue weighted by atomic mass is 79.9. The maximum Gasteiger partial charge on any atom is 0.251 e. The molecule has 7 heteroatoms. The number of ether oxygens (including phenoxy) is 1. The van der Waals surface area contributed by atoms with E-state index >= 15 is 0 Å². The third-order valence-corrected chi connectivity index (χ3v) is 5.91. The molecule has 1 fully saturated rings. The first kappa shape index (κ1) is 22.0. The van der Waals surface area contributed by atoms with Crippen molar-refractivity contribution in [1.29, 1.82) is 0 Å². The molecule has 158 valence electrons. The van der Waals surface area contributed by atoms with Crippen LogP contribution in [0.1, 0.15) is 40.5 Å². The SMILES string of the molecule is COc1ccc(C(=O)C2CCN(C(=O)[C@@H](C)NC(=O)c3ccc(Br)cc3)CC2)cc1. The van der Waals surface area contributed by atoms with Gasteiger partial charge in [0.15, 0.2) is 5.78 Å². The molecule has 0 spiro atoms. The Morgan fingerprint density at radius 1 is 1.00 bits per heavy atom. The number of hydrogen-bond acceptors (Lipinski definition) is 4. The smallest absolute Gasteiger partial charge is 0.251 e. The van der Waals surface area contributed by atoms with Crippen LogP contribution in [0.2, 0.25) is 0 Å². The van der Waals surface area contributed by atoms with Crippen LogP contribution < -0.4 is 10.1 Å².